The molecule has 15 heavy (non-hydrogen) atoms. The van der Waals surface area contributed by atoms with Crippen LogP contribution in [0.2, 0.25) is 0 Å². The maximum absolute atomic E-state index is 11.7. The normalized spacial score (nSPS) is 9.73. The Bertz CT molecular complexity index is 349. The summed E-state index contributed by atoms with van der Waals surface area (Å²) in [6.07, 6.45) is 0. The van der Waals surface area contributed by atoms with E-state index in [1.54, 1.807) is 0 Å². The SMILES string of the molecule is CN(C)C(=S)SCC(=O)c1ccccc1. The van der Waals surface area contributed by atoms with Crippen LogP contribution in [0.3, 0.4) is 0 Å². The van der Waals surface area contributed by atoms with Crippen molar-refractivity contribution in [2.45, 2.75) is 0 Å². The van der Waals surface area contributed by atoms with Crippen LogP contribution < -0.4 is 0 Å². The van der Waals surface area contributed by atoms with Crippen LogP contribution in [-0.4, -0.2) is 34.9 Å². The molecule has 0 unspecified atom stereocenters. The van der Waals surface area contributed by atoms with Gasteiger partial charge in [-0.1, -0.05) is 54.3 Å². The van der Waals surface area contributed by atoms with E-state index in [1.807, 2.05) is 49.3 Å². The highest BCUT2D eigenvalue weighted by molar-refractivity contribution is 8.23. The van der Waals surface area contributed by atoms with Crippen molar-refractivity contribution >= 4 is 34.1 Å². The van der Waals surface area contributed by atoms with E-state index in [0.29, 0.717) is 5.75 Å². The first-order valence-electron chi connectivity index (χ1n) is 4.53. The van der Waals surface area contributed by atoms with Gasteiger partial charge in [-0.05, 0) is 0 Å². The Labute approximate surface area is 99.7 Å². The third kappa shape index (κ3) is 4.01. The summed E-state index contributed by atoms with van der Waals surface area (Å²) < 4.78 is 0.735. The molecule has 0 aliphatic heterocycles. The van der Waals surface area contributed by atoms with Crippen LogP contribution in [0.1, 0.15) is 10.4 Å². The Morgan fingerprint density at radius 2 is 1.93 bits per heavy atom. The highest BCUT2D eigenvalue weighted by atomic mass is 32.2. The van der Waals surface area contributed by atoms with Gasteiger partial charge in [-0.3, -0.25) is 4.79 Å². The van der Waals surface area contributed by atoms with Crippen LogP contribution in [0.5, 0.6) is 0 Å². The Balaban J connectivity index is 2.48. The molecule has 0 heterocycles. The van der Waals surface area contributed by atoms with Crippen LogP contribution in [0.25, 0.3) is 0 Å². The van der Waals surface area contributed by atoms with Gasteiger partial charge >= 0.3 is 0 Å². The molecule has 0 atom stereocenters. The average Bonchev–Trinajstić information content (AvgIpc) is 2.26. The third-order valence-corrected chi connectivity index (χ3v) is 3.52. The number of rotatable bonds is 3. The van der Waals surface area contributed by atoms with Gasteiger partial charge in [0.25, 0.3) is 0 Å². The summed E-state index contributed by atoms with van der Waals surface area (Å²) in [6, 6.07) is 9.27. The molecule has 0 amide bonds. The van der Waals surface area contributed by atoms with Gasteiger partial charge in [-0.2, -0.15) is 0 Å². The Hall–Kier alpha value is -0.870. The smallest absolute Gasteiger partial charge is 0.173 e. The topological polar surface area (TPSA) is 20.3 Å². The molecule has 0 aliphatic carbocycles. The van der Waals surface area contributed by atoms with Crippen LogP contribution >= 0.6 is 24.0 Å². The predicted octanol–water partition coefficient (Wildman–Crippen LogP) is 2.45. The van der Waals surface area contributed by atoms with Crippen molar-refractivity contribution in [2.24, 2.45) is 0 Å². The molecular weight excluding hydrogens is 226 g/mol. The maximum atomic E-state index is 11.7. The number of carbonyl (C=O) groups is 1. The van der Waals surface area contributed by atoms with Crippen molar-refractivity contribution in [1.82, 2.24) is 4.90 Å². The number of benzene rings is 1. The van der Waals surface area contributed by atoms with Gasteiger partial charge in [0.15, 0.2) is 5.78 Å². The van der Waals surface area contributed by atoms with Gasteiger partial charge in [-0.25, -0.2) is 0 Å². The number of thiocarbonyl (C=S) groups is 1. The predicted molar refractivity (Wildman–Crippen MR) is 69.5 cm³/mol. The zero-order chi connectivity index (χ0) is 11.3. The summed E-state index contributed by atoms with van der Waals surface area (Å²) in [6.45, 7) is 0. The zero-order valence-corrected chi connectivity index (χ0v) is 10.4. The van der Waals surface area contributed by atoms with E-state index in [2.05, 4.69) is 0 Å². The van der Waals surface area contributed by atoms with E-state index >= 15 is 0 Å². The van der Waals surface area contributed by atoms with Gasteiger partial charge in [0.05, 0.1) is 5.75 Å². The van der Waals surface area contributed by atoms with Gasteiger partial charge < -0.3 is 4.90 Å². The second-order valence-corrected chi connectivity index (χ2v) is 4.85. The Morgan fingerprint density at radius 3 is 2.47 bits per heavy atom. The zero-order valence-electron chi connectivity index (χ0n) is 8.77. The van der Waals surface area contributed by atoms with Gasteiger partial charge in [-0.15, -0.1) is 0 Å². The van der Waals surface area contributed by atoms with Crippen molar-refractivity contribution < 1.29 is 4.79 Å². The standard InChI is InChI=1S/C11H13NOS2/c1-12(2)11(14)15-8-10(13)9-6-4-3-5-7-9/h3-7H,8H2,1-2H3. The number of hydrogen-bond acceptors (Lipinski definition) is 3. The number of hydrogen-bond donors (Lipinski definition) is 0. The van der Waals surface area contributed by atoms with E-state index in [0.717, 1.165) is 9.88 Å². The van der Waals surface area contributed by atoms with Crippen molar-refractivity contribution in [3.8, 4) is 0 Å². The minimum atomic E-state index is 0.116. The lowest BCUT2D eigenvalue weighted by molar-refractivity contribution is 0.102. The molecule has 0 fully saturated rings. The van der Waals surface area contributed by atoms with Crippen LogP contribution in [-0.2, 0) is 0 Å². The summed E-state index contributed by atoms with van der Waals surface area (Å²) in [4.78, 5) is 13.5. The van der Waals surface area contributed by atoms with Gasteiger partial charge in [0, 0.05) is 19.7 Å². The molecule has 0 saturated carbocycles. The highest BCUT2D eigenvalue weighted by Crippen LogP contribution is 2.10. The summed E-state index contributed by atoms with van der Waals surface area (Å²) in [5.41, 5.74) is 0.742. The number of thioether (sulfide) groups is 1. The van der Waals surface area contributed by atoms with E-state index in [9.17, 15) is 4.79 Å². The maximum Gasteiger partial charge on any atom is 0.173 e. The Morgan fingerprint density at radius 1 is 1.33 bits per heavy atom. The second-order valence-electron chi connectivity index (χ2n) is 3.24. The fourth-order valence-corrected chi connectivity index (χ4v) is 1.82. The number of nitrogens with zero attached hydrogens (tertiary/aromatic N) is 1. The first-order valence-corrected chi connectivity index (χ1v) is 5.93. The summed E-state index contributed by atoms with van der Waals surface area (Å²) >= 11 is 6.48. The van der Waals surface area contributed by atoms with Crippen molar-refractivity contribution in [3.05, 3.63) is 35.9 Å². The molecule has 2 nitrogen and oxygen atoms in total. The largest absolute Gasteiger partial charge is 0.364 e. The molecule has 0 saturated heterocycles. The molecule has 0 aliphatic rings. The van der Waals surface area contributed by atoms with E-state index in [1.165, 1.54) is 11.8 Å². The molecular formula is C11H13NOS2. The number of carbonyl (C=O) groups excluding carboxylic acids is 1. The molecule has 4 heteroatoms. The number of ketones is 1. The minimum absolute atomic E-state index is 0.116. The fourth-order valence-electron chi connectivity index (χ4n) is 0.964. The van der Waals surface area contributed by atoms with E-state index in [-0.39, 0.29) is 5.78 Å². The van der Waals surface area contributed by atoms with E-state index in [4.69, 9.17) is 12.2 Å². The lowest BCUT2D eigenvalue weighted by Gasteiger charge is -2.11. The van der Waals surface area contributed by atoms with Crippen LogP contribution in [0.15, 0.2) is 30.3 Å². The monoisotopic (exact) mass is 239 g/mol. The molecule has 0 N–H and O–H groups in total. The molecule has 1 aromatic rings. The van der Waals surface area contributed by atoms with E-state index < -0.39 is 0 Å². The molecule has 1 rings (SSSR count). The van der Waals surface area contributed by atoms with Crippen molar-refractivity contribution in [2.75, 3.05) is 19.8 Å². The lowest BCUT2D eigenvalue weighted by Crippen LogP contribution is -2.18. The number of Topliss-reactive ketones (excluding diaryl/α,β-unsaturated/α-hetero) is 1. The summed E-state index contributed by atoms with van der Waals surface area (Å²) in [5.74, 6) is 0.519. The molecule has 0 spiro atoms. The minimum Gasteiger partial charge on any atom is -0.364 e. The average molecular weight is 239 g/mol. The molecule has 0 aromatic heterocycles. The first kappa shape index (κ1) is 12.2. The van der Waals surface area contributed by atoms with Crippen LogP contribution in [0.4, 0.5) is 0 Å². The van der Waals surface area contributed by atoms with Gasteiger partial charge in [0.1, 0.15) is 4.32 Å². The molecule has 80 valence electrons. The Kier molecular flexibility index (Phi) is 4.78. The lowest BCUT2D eigenvalue weighted by atomic mass is 10.2. The van der Waals surface area contributed by atoms with Crippen molar-refractivity contribution in [1.29, 1.82) is 0 Å². The molecule has 1 aromatic carbocycles. The van der Waals surface area contributed by atoms with Crippen LogP contribution in [0, 0.1) is 0 Å². The summed E-state index contributed by atoms with van der Waals surface area (Å²) in [7, 11) is 3.75. The quantitative estimate of drug-likeness (QED) is 0.596. The summed E-state index contributed by atoms with van der Waals surface area (Å²) in [5, 5.41) is 0. The molecule has 0 radical (unpaired) electrons. The third-order valence-electron chi connectivity index (χ3n) is 1.79. The fraction of sp³-hybridized carbons (Fsp3) is 0.273. The molecule has 0 bridgehead atoms. The van der Waals surface area contributed by atoms with Gasteiger partial charge in [0.2, 0.25) is 0 Å². The van der Waals surface area contributed by atoms with Crippen molar-refractivity contribution in [3.63, 3.8) is 0 Å². The second kappa shape index (κ2) is 5.88. The highest BCUT2D eigenvalue weighted by Gasteiger charge is 2.07. The first-order chi connectivity index (χ1) is 7.11.